The Morgan fingerprint density at radius 1 is 1.09 bits per heavy atom. The number of amidine groups is 1. The summed E-state index contributed by atoms with van der Waals surface area (Å²) in [7, 11) is 0. The number of ether oxygens (including phenoxy) is 2. The van der Waals surface area contributed by atoms with E-state index in [1.807, 2.05) is 65.0 Å². The maximum atomic E-state index is 13.5. The van der Waals surface area contributed by atoms with Crippen molar-refractivity contribution >= 4 is 6.02 Å². The maximum Gasteiger partial charge on any atom is 0.282 e. The highest BCUT2D eigenvalue weighted by Crippen LogP contribution is 2.12. The van der Waals surface area contributed by atoms with Crippen molar-refractivity contribution in [3.8, 4) is 5.75 Å². The molecule has 0 saturated carbocycles. The second-order valence-electron chi connectivity index (χ2n) is 8.17. The van der Waals surface area contributed by atoms with Gasteiger partial charge < -0.3 is 15.2 Å². The van der Waals surface area contributed by atoms with Crippen LogP contribution in [0.15, 0.2) is 65.7 Å². The lowest BCUT2D eigenvalue weighted by molar-refractivity contribution is 0.144. The van der Waals surface area contributed by atoms with Gasteiger partial charge in [0.05, 0.1) is 6.54 Å². The van der Waals surface area contributed by atoms with Gasteiger partial charge in [0.2, 0.25) is 6.43 Å². The molecule has 0 aliphatic carbocycles. The van der Waals surface area contributed by atoms with E-state index in [0.717, 1.165) is 16.9 Å². The minimum Gasteiger partial charge on any atom is -0.489 e. The molecule has 0 aliphatic rings. The SMILES string of the molecule is C=C(C)COc1ccccc1.CCC(F)F.Cc1ccc(F)c(CN=C(N)O[C@H](C)C(C)C)c1. The van der Waals surface area contributed by atoms with Crippen molar-refractivity contribution < 1.29 is 22.6 Å². The van der Waals surface area contributed by atoms with Crippen LogP contribution in [-0.2, 0) is 11.3 Å². The molecule has 0 bridgehead atoms. The lowest BCUT2D eigenvalue weighted by atomic mass is 10.1. The van der Waals surface area contributed by atoms with E-state index in [9.17, 15) is 13.2 Å². The van der Waals surface area contributed by atoms with Gasteiger partial charge in [0, 0.05) is 12.0 Å². The Labute approximate surface area is 202 Å². The third-order valence-corrected chi connectivity index (χ3v) is 4.39. The smallest absolute Gasteiger partial charge is 0.282 e. The first kappa shape index (κ1) is 31.0. The van der Waals surface area contributed by atoms with E-state index < -0.39 is 6.43 Å². The molecule has 0 saturated heterocycles. The van der Waals surface area contributed by atoms with Crippen LogP contribution in [0.1, 0.15) is 52.2 Å². The van der Waals surface area contributed by atoms with Crippen LogP contribution >= 0.6 is 0 Å². The molecule has 0 aliphatic heterocycles. The topological polar surface area (TPSA) is 56.8 Å². The molecule has 2 rings (SSSR count). The highest BCUT2D eigenvalue weighted by atomic mass is 19.3. The standard InChI is InChI=1S/C14H21FN2O.C10H12O.C3H6F2/c1-9(2)11(4)18-14(16)17-8-12-7-10(3)5-6-13(12)15;1-9(2)8-11-10-6-4-3-5-7-10;1-2-3(4)5/h5-7,9,11H,8H2,1-4H3,(H2,16,17);3-7H,1,8H2,2H3;3H,2H2,1H3/t11-;;/m1../s1. The van der Waals surface area contributed by atoms with Crippen molar-refractivity contribution in [3.05, 3.63) is 77.6 Å². The van der Waals surface area contributed by atoms with Crippen LogP contribution in [0.25, 0.3) is 0 Å². The lowest BCUT2D eigenvalue weighted by Crippen LogP contribution is -2.26. The van der Waals surface area contributed by atoms with E-state index in [-0.39, 0.29) is 30.9 Å². The summed E-state index contributed by atoms with van der Waals surface area (Å²) >= 11 is 0. The molecule has 34 heavy (non-hydrogen) atoms. The van der Waals surface area contributed by atoms with Gasteiger partial charge in [-0.05, 0) is 50.5 Å². The summed E-state index contributed by atoms with van der Waals surface area (Å²) < 4.78 is 45.8. The van der Waals surface area contributed by atoms with Crippen LogP contribution < -0.4 is 10.5 Å². The molecule has 2 aromatic rings. The molecular formula is C27H39F3N2O2. The van der Waals surface area contributed by atoms with E-state index in [4.69, 9.17) is 15.2 Å². The lowest BCUT2D eigenvalue weighted by Gasteiger charge is -2.16. The van der Waals surface area contributed by atoms with Crippen molar-refractivity contribution in [2.24, 2.45) is 16.6 Å². The van der Waals surface area contributed by atoms with E-state index in [2.05, 4.69) is 11.6 Å². The minimum atomic E-state index is -2.12. The zero-order valence-electron chi connectivity index (χ0n) is 21.2. The number of rotatable bonds is 8. The van der Waals surface area contributed by atoms with Crippen molar-refractivity contribution in [1.82, 2.24) is 0 Å². The van der Waals surface area contributed by atoms with Crippen molar-refractivity contribution in [1.29, 1.82) is 0 Å². The Bertz CT molecular complexity index is 856. The van der Waals surface area contributed by atoms with Gasteiger partial charge in [-0.2, -0.15) is 0 Å². The normalized spacial score (nSPS) is 11.7. The molecule has 7 heteroatoms. The average Bonchev–Trinajstić information content (AvgIpc) is 2.79. The van der Waals surface area contributed by atoms with Gasteiger partial charge in [0.15, 0.2) is 0 Å². The summed E-state index contributed by atoms with van der Waals surface area (Å²) in [6.07, 6.45) is -2.15. The van der Waals surface area contributed by atoms with Crippen LogP contribution in [0, 0.1) is 18.7 Å². The van der Waals surface area contributed by atoms with Crippen molar-refractivity contribution in [3.63, 3.8) is 0 Å². The highest BCUT2D eigenvalue weighted by molar-refractivity contribution is 5.71. The highest BCUT2D eigenvalue weighted by Gasteiger charge is 2.09. The number of nitrogens with zero attached hydrogens (tertiary/aromatic N) is 1. The second kappa shape index (κ2) is 17.5. The van der Waals surface area contributed by atoms with Gasteiger partial charge >= 0.3 is 0 Å². The molecule has 0 radical (unpaired) electrons. The molecule has 0 aromatic heterocycles. The Balaban J connectivity index is 0.000000575. The first-order chi connectivity index (χ1) is 16.0. The Morgan fingerprint density at radius 2 is 1.68 bits per heavy atom. The second-order valence-corrected chi connectivity index (χ2v) is 8.17. The molecule has 2 aromatic carbocycles. The van der Waals surface area contributed by atoms with E-state index in [1.165, 1.54) is 13.0 Å². The number of hydrogen-bond donors (Lipinski definition) is 1. The number of para-hydroxylation sites is 1. The summed E-state index contributed by atoms with van der Waals surface area (Å²) in [6, 6.07) is 14.8. The Hall–Kier alpha value is -2.96. The first-order valence-corrected chi connectivity index (χ1v) is 11.3. The summed E-state index contributed by atoms with van der Waals surface area (Å²) in [4.78, 5) is 4.05. The number of aliphatic imine (C=N–C) groups is 1. The van der Waals surface area contributed by atoms with Gasteiger partial charge in [-0.3, -0.25) is 0 Å². The molecule has 0 spiro atoms. The molecule has 0 fully saturated rings. The van der Waals surface area contributed by atoms with E-state index in [0.29, 0.717) is 18.1 Å². The number of alkyl halides is 2. The zero-order valence-corrected chi connectivity index (χ0v) is 21.2. The molecule has 0 amide bonds. The monoisotopic (exact) mass is 480 g/mol. The van der Waals surface area contributed by atoms with E-state index >= 15 is 0 Å². The van der Waals surface area contributed by atoms with Gasteiger partial charge in [0.1, 0.15) is 24.3 Å². The van der Waals surface area contributed by atoms with Crippen LogP contribution in [0.2, 0.25) is 0 Å². The third-order valence-electron chi connectivity index (χ3n) is 4.39. The number of halogens is 3. The van der Waals surface area contributed by atoms with Crippen molar-refractivity contribution in [2.75, 3.05) is 6.61 Å². The van der Waals surface area contributed by atoms with Crippen LogP contribution in [0.5, 0.6) is 5.75 Å². The Kier molecular flexibility index (Phi) is 16.0. The fourth-order valence-corrected chi connectivity index (χ4v) is 2.07. The fourth-order valence-electron chi connectivity index (χ4n) is 2.07. The van der Waals surface area contributed by atoms with Gasteiger partial charge in [-0.1, -0.05) is 63.2 Å². The summed E-state index contributed by atoms with van der Waals surface area (Å²) in [5.41, 5.74) is 8.21. The van der Waals surface area contributed by atoms with Gasteiger partial charge in [-0.15, -0.1) is 0 Å². The summed E-state index contributed by atoms with van der Waals surface area (Å²) in [6.45, 7) is 15.9. The average molecular weight is 481 g/mol. The predicted molar refractivity (Wildman–Crippen MR) is 135 cm³/mol. The predicted octanol–water partition coefficient (Wildman–Crippen LogP) is 7.31. The molecular weight excluding hydrogens is 441 g/mol. The fraction of sp³-hybridized carbons (Fsp3) is 0.444. The van der Waals surface area contributed by atoms with Crippen LogP contribution in [0.3, 0.4) is 0 Å². The largest absolute Gasteiger partial charge is 0.489 e. The number of aryl methyl sites for hydroxylation is 1. The number of nitrogens with two attached hydrogens (primary N) is 1. The molecule has 0 heterocycles. The van der Waals surface area contributed by atoms with Gasteiger partial charge in [-0.25, -0.2) is 18.2 Å². The Morgan fingerprint density at radius 3 is 2.18 bits per heavy atom. The minimum absolute atomic E-state index is 0.00361. The third kappa shape index (κ3) is 15.8. The van der Waals surface area contributed by atoms with Gasteiger partial charge in [0.25, 0.3) is 6.02 Å². The first-order valence-electron chi connectivity index (χ1n) is 11.3. The quantitative estimate of drug-likeness (QED) is 0.245. The van der Waals surface area contributed by atoms with E-state index in [1.54, 1.807) is 12.1 Å². The number of hydrogen-bond acceptors (Lipinski definition) is 3. The maximum absolute atomic E-state index is 13.5. The summed E-state index contributed by atoms with van der Waals surface area (Å²) in [5, 5.41) is 0. The van der Waals surface area contributed by atoms with Crippen LogP contribution in [-0.4, -0.2) is 25.2 Å². The molecule has 190 valence electrons. The van der Waals surface area contributed by atoms with Crippen LogP contribution in [0.4, 0.5) is 13.2 Å². The molecule has 0 unspecified atom stereocenters. The van der Waals surface area contributed by atoms with Crippen molar-refractivity contribution in [2.45, 2.75) is 67.0 Å². The molecule has 2 N–H and O–H groups in total. The summed E-state index contributed by atoms with van der Waals surface area (Å²) in [5.74, 6) is 0.985. The molecule has 4 nitrogen and oxygen atoms in total. The number of benzene rings is 2. The molecule has 1 atom stereocenters. The zero-order chi connectivity index (χ0) is 26.1.